The largest absolute Gasteiger partial charge is 0.368 e. The van der Waals surface area contributed by atoms with Crippen LogP contribution in [0.15, 0.2) is 18.5 Å². The number of rotatable bonds is 1. The number of anilines is 1. The molecule has 3 rings (SSSR count). The third-order valence-electron chi connectivity index (χ3n) is 3.30. The molecule has 4 nitrogen and oxygen atoms in total. The van der Waals surface area contributed by atoms with Gasteiger partial charge in [-0.3, -0.25) is 4.98 Å². The van der Waals surface area contributed by atoms with Crippen LogP contribution in [0.4, 0.5) is 5.69 Å². The molecule has 15 heavy (non-hydrogen) atoms. The van der Waals surface area contributed by atoms with Gasteiger partial charge in [0.05, 0.1) is 17.4 Å². The maximum Gasteiger partial charge on any atom is 0.101 e. The molecule has 4 heteroatoms. The highest BCUT2D eigenvalue weighted by molar-refractivity contribution is 5.50. The number of aromatic nitrogens is 1. The summed E-state index contributed by atoms with van der Waals surface area (Å²) in [4.78, 5) is 6.39. The Bertz CT molecular complexity index is 411. The van der Waals surface area contributed by atoms with Gasteiger partial charge in [-0.1, -0.05) is 0 Å². The first-order valence-electron chi connectivity index (χ1n) is 5.20. The molecule has 0 aliphatic carbocycles. The minimum Gasteiger partial charge on any atom is -0.368 e. The SMILES string of the molecule is N#Cc1cncc(N2C[C@H]3CN[C@@H]3C2)c1. The van der Waals surface area contributed by atoms with Gasteiger partial charge in [0.2, 0.25) is 0 Å². The molecule has 1 aromatic rings. The zero-order valence-electron chi connectivity index (χ0n) is 8.35. The van der Waals surface area contributed by atoms with Gasteiger partial charge in [0.25, 0.3) is 0 Å². The van der Waals surface area contributed by atoms with E-state index in [0.29, 0.717) is 11.6 Å². The molecule has 0 saturated carbocycles. The van der Waals surface area contributed by atoms with Gasteiger partial charge < -0.3 is 10.2 Å². The predicted molar refractivity (Wildman–Crippen MR) is 56.4 cm³/mol. The van der Waals surface area contributed by atoms with E-state index in [0.717, 1.165) is 31.2 Å². The number of hydrogen-bond acceptors (Lipinski definition) is 4. The summed E-state index contributed by atoms with van der Waals surface area (Å²) in [5.41, 5.74) is 1.71. The minimum absolute atomic E-state index is 0.639. The van der Waals surface area contributed by atoms with Crippen molar-refractivity contribution in [2.45, 2.75) is 6.04 Å². The lowest BCUT2D eigenvalue weighted by Crippen LogP contribution is -2.51. The van der Waals surface area contributed by atoms with E-state index in [1.165, 1.54) is 0 Å². The van der Waals surface area contributed by atoms with Crippen LogP contribution in [0, 0.1) is 17.2 Å². The predicted octanol–water partition coefficient (Wildman–Crippen LogP) is 0.361. The van der Waals surface area contributed by atoms with Gasteiger partial charge in [0.15, 0.2) is 0 Å². The Kier molecular flexibility index (Phi) is 1.86. The Hall–Kier alpha value is -1.60. The lowest BCUT2D eigenvalue weighted by atomic mass is 9.96. The Balaban J connectivity index is 1.84. The van der Waals surface area contributed by atoms with Crippen LogP contribution in [-0.2, 0) is 0 Å². The first-order valence-corrected chi connectivity index (χ1v) is 5.20. The molecule has 2 fully saturated rings. The maximum absolute atomic E-state index is 8.80. The average molecular weight is 200 g/mol. The zero-order valence-corrected chi connectivity index (χ0v) is 8.35. The number of nitrogens with one attached hydrogen (secondary N) is 1. The van der Waals surface area contributed by atoms with Crippen molar-refractivity contribution in [1.29, 1.82) is 5.26 Å². The number of pyridine rings is 1. The first-order chi connectivity index (χ1) is 7.36. The van der Waals surface area contributed by atoms with Crippen molar-refractivity contribution in [2.75, 3.05) is 24.5 Å². The summed E-state index contributed by atoms with van der Waals surface area (Å²) in [6, 6.07) is 4.69. The van der Waals surface area contributed by atoms with Crippen LogP contribution >= 0.6 is 0 Å². The topological polar surface area (TPSA) is 52.0 Å². The third-order valence-corrected chi connectivity index (χ3v) is 3.30. The van der Waals surface area contributed by atoms with Crippen LogP contribution in [0.5, 0.6) is 0 Å². The fourth-order valence-corrected chi connectivity index (χ4v) is 2.32. The summed E-state index contributed by atoms with van der Waals surface area (Å²) in [7, 11) is 0. The summed E-state index contributed by atoms with van der Waals surface area (Å²) >= 11 is 0. The van der Waals surface area contributed by atoms with E-state index >= 15 is 0 Å². The third kappa shape index (κ3) is 1.36. The Morgan fingerprint density at radius 1 is 1.47 bits per heavy atom. The molecule has 0 bridgehead atoms. The molecule has 3 heterocycles. The van der Waals surface area contributed by atoms with E-state index < -0.39 is 0 Å². The van der Waals surface area contributed by atoms with E-state index in [-0.39, 0.29) is 0 Å². The van der Waals surface area contributed by atoms with Crippen molar-refractivity contribution in [3.63, 3.8) is 0 Å². The molecule has 0 unspecified atom stereocenters. The Morgan fingerprint density at radius 2 is 2.40 bits per heavy atom. The molecule has 0 radical (unpaired) electrons. The molecule has 1 aromatic heterocycles. The molecular weight excluding hydrogens is 188 g/mol. The molecule has 0 amide bonds. The summed E-state index contributed by atoms with van der Waals surface area (Å²) in [6.07, 6.45) is 3.44. The fraction of sp³-hybridized carbons (Fsp3) is 0.455. The second-order valence-electron chi connectivity index (χ2n) is 4.22. The summed E-state index contributed by atoms with van der Waals surface area (Å²) in [6.45, 7) is 3.27. The minimum atomic E-state index is 0.639. The van der Waals surface area contributed by atoms with Crippen LogP contribution in [-0.4, -0.2) is 30.7 Å². The maximum atomic E-state index is 8.80. The highest BCUT2D eigenvalue weighted by Crippen LogP contribution is 2.27. The van der Waals surface area contributed by atoms with Gasteiger partial charge in [-0.2, -0.15) is 5.26 Å². The summed E-state index contributed by atoms with van der Waals surface area (Å²) < 4.78 is 0. The molecule has 1 N–H and O–H groups in total. The molecular formula is C11H12N4. The van der Waals surface area contributed by atoms with Gasteiger partial charge in [-0.15, -0.1) is 0 Å². The normalized spacial score (nSPS) is 28.1. The van der Waals surface area contributed by atoms with Crippen LogP contribution in [0.1, 0.15) is 5.56 Å². The van der Waals surface area contributed by atoms with Crippen molar-refractivity contribution in [3.05, 3.63) is 24.0 Å². The second-order valence-corrected chi connectivity index (χ2v) is 4.22. The average Bonchev–Trinajstić information content (AvgIpc) is 2.55. The van der Waals surface area contributed by atoms with Crippen molar-refractivity contribution in [2.24, 2.45) is 5.92 Å². The molecule has 2 atom stereocenters. The standard InChI is InChI=1S/C11H12N4/c12-2-8-1-10(5-13-3-8)15-6-9-4-14-11(9)7-15/h1,3,5,9,11,14H,4,6-7H2/t9-,11-/m1/s1. The number of fused-ring (bicyclic) bond motifs is 1. The number of nitriles is 1. The Morgan fingerprint density at radius 3 is 3.00 bits per heavy atom. The lowest BCUT2D eigenvalue weighted by molar-refractivity contribution is 0.297. The molecule has 0 aromatic carbocycles. The van der Waals surface area contributed by atoms with E-state index in [1.54, 1.807) is 6.20 Å². The van der Waals surface area contributed by atoms with Crippen LogP contribution in [0.2, 0.25) is 0 Å². The van der Waals surface area contributed by atoms with Gasteiger partial charge in [-0.05, 0) is 6.07 Å². The highest BCUT2D eigenvalue weighted by Gasteiger charge is 2.39. The van der Waals surface area contributed by atoms with Crippen molar-refractivity contribution < 1.29 is 0 Å². The molecule has 2 aliphatic heterocycles. The smallest absolute Gasteiger partial charge is 0.101 e. The fourth-order valence-electron chi connectivity index (χ4n) is 2.32. The van der Waals surface area contributed by atoms with E-state index in [2.05, 4.69) is 21.3 Å². The Labute approximate surface area is 88.5 Å². The monoisotopic (exact) mass is 200 g/mol. The van der Waals surface area contributed by atoms with Crippen LogP contribution < -0.4 is 10.2 Å². The zero-order chi connectivity index (χ0) is 10.3. The van der Waals surface area contributed by atoms with Crippen LogP contribution in [0.3, 0.4) is 0 Å². The van der Waals surface area contributed by atoms with E-state index in [9.17, 15) is 0 Å². The van der Waals surface area contributed by atoms with E-state index in [1.807, 2.05) is 12.3 Å². The van der Waals surface area contributed by atoms with E-state index in [4.69, 9.17) is 5.26 Å². The summed E-state index contributed by atoms with van der Waals surface area (Å²) in [5.74, 6) is 0.788. The molecule has 0 spiro atoms. The van der Waals surface area contributed by atoms with Gasteiger partial charge in [0.1, 0.15) is 6.07 Å². The summed E-state index contributed by atoms with van der Waals surface area (Å²) in [5, 5.41) is 12.2. The second kappa shape index (κ2) is 3.21. The number of hydrogen-bond donors (Lipinski definition) is 1. The molecule has 2 saturated heterocycles. The first kappa shape index (κ1) is 8.69. The molecule has 76 valence electrons. The van der Waals surface area contributed by atoms with Crippen molar-refractivity contribution >= 4 is 5.69 Å². The van der Waals surface area contributed by atoms with Crippen LogP contribution in [0.25, 0.3) is 0 Å². The molecule has 2 aliphatic rings. The van der Waals surface area contributed by atoms with Crippen molar-refractivity contribution in [1.82, 2.24) is 10.3 Å². The van der Waals surface area contributed by atoms with Crippen molar-refractivity contribution in [3.8, 4) is 6.07 Å². The van der Waals surface area contributed by atoms with Gasteiger partial charge in [0, 0.05) is 37.8 Å². The van der Waals surface area contributed by atoms with Gasteiger partial charge >= 0.3 is 0 Å². The number of nitrogens with zero attached hydrogens (tertiary/aromatic N) is 3. The quantitative estimate of drug-likeness (QED) is 0.711. The lowest BCUT2D eigenvalue weighted by Gasteiger charge is -2.29. The highest BCUT2D eigenvalue weighted by atomic mass is 15.2. The van der Waals surface area contributed by atoms with Gasteiger partial charge in [-0.25, -0.2) is 0 Å².